The van der Waals surface area contributed by atoms with Crippen LogP contribution in [0.25, 0.3) is 22.3 Å². The van der Waals surface area contributed by atoms with Gasteiger partial charge in [-0.1, -0.05) is 88.9 Å². The smallest absolute Gasteiger partial charge is 0.0998 e. The lowest BCUT2D eigenvalue weighted by Crippen LogP contribution is -2.01. The minimum atomic E-state index is 0.674. The Morgan fingerprint density at radius 3 is 2.15 bits per heavy atom. The molecule has 0 aliphatic carbocycles. The number of nitriles is 2. The summed E-state index contributed by atoms with van der Waals surface area (Å²) in [7, 11) is 0. The third-order valence-electron chi connectivity index (χ3n) is 6.50. The Hall–Kier alpha value is -3.36. The normalized spacial score (nSPS) is 11.6. The van der Waals surface area contributed by atoms with Gasteiger partial charge in [-0.15, -0.1) is 0 Å². The molecule has 0 saturated carbocycles. The van der Waals surface area contributed by atoms with Gasteiger partial charge >= 0.3 is 0 Å². The molecule has 0 bridgehead atoms. The van der Waals surface area contributed by atoms with Crippen molar-refractivity contribution in [1.29, 1.82) is 10.5 Å². The maximum atomic E-state index is 9.87. The van der Waals surface area contributed by atoms with Crippen LogP contribution in [0.2, 0.25) is 0 Å². The summed E-state index contributed by atoms with van der Waals surface area (Å²) in [6.45, 7) is 8.71. The first-order chi connectivity index (χ1) is 16.0. The van der Waals surface area contributed by atoms with Crippen molar-refractivity contribution < 1.29 is 0 Å². The molecule has 0 saturated heterocycles. The summed E-state index contributed by atoms with van der Waals surface area (Å²) in [5.74, 6) is 0.678. The maximum Gasteiger partial charge on any atom is 0.0998 e. The average molecular weight is 435 g/mol. The van der Waals surface area contributed by atoms with Gasteiger partial charge < -0.3 is 0 Å². The second-order valence-corrected chi connectivity index (χ2v) is 9.14. The van der Waals surface area contributed by atoms with E-state index in [4.69, 9.17) is 0 Å². The van der Waals surface area contributed by atoms with E-state index in [-0.39, 0.29) is 0 Å². The van der Waals surface area contributed by atoms with Crippen molar-refractivity contribution >= 4 is 0 Å². The molecule has 3 rings (SSSR count). The molecule has 3 aromatic carbocycles. The quantitative estimate of drug-likeness (QED) is 0.317. The van der Waals surface area contributed by atoms with Crippen LogP contribution in [0.4, 0.5) is 0 Å². The maximum absolute atomic E-state index is 9.87. The topological polar surface area (TPSA) is 47.6 Å². The van der Waals surface area contributed by atoms with E-state index in [1.807, 2.05) is 37.3 Å². The van der Waals surface area contributed by atoms with Crippen molar-refractivity contribution in [2.24, 2.45) is 5.92 Å². The first kappa shape index (κ1) is 24.3. The molecular formula is C31H34N2. The van der Waals surface area contributed by atoms with Crippen molar-refractivity contribution in [3.05, 3.63) is 82.4 Å². The lowest BCUT2D eigenvalue weighted by atomic mass is 9.85. The molecule has 0 amide bonds. The molecule has 3 aromatic rings. The third kappa shape index (κ3) is 5.71. The first-order valence-corrected chi connectivity index (χ1v) is 12.2. The van der Waals surface area contributed by atoms with Crippen LogP contribution in [0.3, 0.4) is 0 Å². The van der Waals surface area contributed by atoms with Gasteiger partial charge in [0.25, 0.3) is 0 Å². The number of unbranched alkanes of at least 4 members (excludes halogenated alkanes) is 2. The third-order valence-corrected chi connectivity index (χ3v) is 6.50. The van der Waals surface area contributed by atoms with Crippen LogP contribution in [-0.2, 0) is 12.8 Å². The summed E-state index contributed by atoms with van der Waals surface area (Å²) in [6, 6.07) is 23.4. The van der Waals surface area contributed by atoms with E-state index in [0.29, 0.717) is 17.0 Å². The van der Waals surface area contributed by atoms with Gasteiger partial charge in [0.15, 0.2) is 0 Å². The highest BCUT2D eigenvalue weighted by Gasteiger charge is 2.17. The minimum Gasteiger partial charge on any atom is -0.192 e. The van der Waals surface area contributed by atoms with E-state index in [0.717, 1.165) is 46.2 Å². The number of hydrogen-bond acceptors (Lipinski definition) is 2. The Balaban J connectivity index is 2.00. The summed E-state index contributed by atoms with van der Waals surface area (Å²) in [6.07, 6.45) is 7.02. The number of benzene rings is 3. The lowest BCUT2D eigenvalue weighted by Gasteiger charge is -2.18. The molecule has 0 fully saturated rings. The predicted octanol–water partition coefficient (Wildman–Crippen LogP) is 8.39. The Morgan fingerprint density at radius 2 is 1.52 bits per heavy atom. The van der Waals surface area contributed by atoms with Gasteiger partial charge in [0.1, 0.15) is 0 Å². The number of hydrogen-bond donors (Lipinski definition) is 0. The van der Waals surface area contributed by atoms with E-state index in [1.165, 1.54) is 31.2 Å². The molecule has 1 unspecified atom stereocenters. The Bertz CT molecular complexity index is 1170. The summed E-state index contributed by atoms with van der Waals surface area (Å²) < 4.78 is 0. The van der Waals surface area contributed by atoms with Crippen molar-refractivity contribution in [1.82, 2.24) is 0 Å². The van der Waals surface area contributed by atoms with Crippen molar-refractivity contribution in [3.63, 3.8) is 0 Å². The summed E-state index contributed by atoms with van der Waals surface area (Å²) >= 11 is 0. The Kier molecular flexibility index (Phi) is 8.46. The zero-order chi connectivity index (χ0) is 23.8. The van der Waals surface area contributed by atoms with E-state index in [1.54, 1.807) is 0 Å². The van der Waals surface area contributed by atoms with Crippen molar-refractivity contribution in [2.45, 2.75) is 66.2 Å². The molecule has 0 N–H and O–H groups in total. The van der Waals surface area contributed by atoms with Crippen LogP contribution in [0.15, 0.2) is 54.6 Å². The second-order valence-electron chi connectivity index (χ2n) is 9.14. The molecule has 0 aliphatic rings. The number of nitrogens with zero attached hydrogens (tertiary/aromatic N) is 2. The fourth-order valence-corrected chi connectivity index (χ4v) is 4.73. The van der Waals surface area contributed by atoms with Gasteiger partial charge in [0.05, 0.1) is 23.3 Å². The van der Waals surface area contributed by atoms with Crippen molar-refractivity contribution in [3.8, 4) is 34.4 Å². The van der Waals surface area contributed by atoms with E-state index >= 15 is 0 Å². The van der Waals surface area contributed by atoms with Crippen LogP contribution < -0.4 is 0 Å². The Morgan fingerprint density at radius 1 is 0.818 bits per heavy atom. The molecule has 2 nitrogen and oxygen atoms in total. The number of rotatable bonds is 9. The molecule has 2 heteroatoms. The largest absolute Gasteiger partial charge is 0.192 e. The highest BCUT2D eigenvalue weighted by atomic mass is 14.3. The fourth-order valence-electron chi connectivity index (χ4n) is 4.73. The van der Waals surface area contributed by atoms with E-state index < -0.39 is 0 Å². The Labute approximate surface area is 199 Å². The SMILES string of the molecule is CCCCCC(C)Cc1ccc(-c2c(C#N)ccc(-c3ccc(C)cc3C#N)c2CC)cc1. The van der Waals surface area contributed by atoms with E-state index in [9.17, 15) is 10.5 Å². The zero-order valence-electron chi connectivity index (χ0n) is 20.4. The number of aryl methyl sites for hydroxylation is 1. The molecule has 0 heterocycles. The van der Waals surface area contributed by atoms with Crippen LogP contribution in [0.5, 0.6) is 0 Å². The van der Waals surface area contributed by atoms with Gasteiger partial charge in [-0.05, 0) is 71.2 Å². The molecular weight excluding hydrogens is 400 g/mol. The second kappa shape index (κ2) is 11.5. The molecule has 0 spiro atoms. The summed E-state index contributed by atoms with van der Waals surface area (Å²) in [4.78, 5) is 0. The standard InChI is InChI=1S/C31H34N2/c1-5-7-8-9-22(3)18-24-11-13-25(14-12-24)31-26(20-32)15-17-30(28(31)6-2)29-16-10-23(4)19-27(29)21-33/h10-17,19,22H,5-9,18H2,1-4H3. The highest BCUT2D eigenvalue weighted by molar-refractivity contribution is 5.84. The van der Waals surface area contributed by atoms with Crippen molar-refractivity contribution in [2.75, 3.05) is 0 Å². The monoisotopic (exact) mass is 434 g/mol. The zero-order valence-corrected chi connectivity index (χ0v) is 20.4. The van der Waals surface area contributed by atoms with Gasteiger partial charge in [-0.3, -0.25) is 0 Å². The molecule has 33 heavy (non-hydrogen) atoms. The van der Waals surface area contributed by atoms with Crippen LogP contribution >= 0.6 is 0 Å². The van der Waals surface area contributed by atoms with Gasteiger partial charge in [-0.25, -0.2) is 0 Å². The average Bonchev–Trinajstić information content (AvgIpc) is 2.83. The van der Waals surface area contributed by atoms with Gasteiger partial charge in [-0.2, -0.15) is 10.5 Å². The lowest BCUT2D eigenvalue weighted by molar-refractivity contribution is 0.493. The van der Waals surface area contributed by atoms with Gasteiger partial charge in [0, 0.05) is 5.56 Å². The van der Waals surface area contributed by atoms with Crippen LogP contribution in [0.1, 0.15) is 74.3 Å². The van der Waals surface area contributed by atoms with E-state index in [2.05, 4.69) is 57.2 Å². The minimum absolute atomic E-state index is 0.674. The molecule has 0 aliphatic heterocycles. The fraction of sp³-hybridized carbons (Fsp3) is 0.355. The molecule has 1 atom stereocenters. The van der Waals surface area contributed by atoms with Crippen LogP contribution in [-0.4, -0.2) is 0 Å². The van der Waals surface area contributed by atoms with Gasteiger partial charge in [0.2, 0.25) is 0 Å². The predicted molar refractivity (Wildman–Crippen MR) is 138 cm³/mol. The molecule has 0 aromatic heterocycles. The molecule has 0 radical (unpaired) electrons. The molecule has 168 valence electrons. The highest BCUT2D eigenvalue weighted by Crippen LogP contribution is 2.37. The summed E-state index contributed by atoms with van der Waals surface area (Å²) in [5.41, 5.74) is 8.93. The first-order valence-electron chi connectivity index (χ1n) is 12.2. The van der Waals surface area contributed by atoms with Crippen LogP contribution in [0, 0.1) is 35.5 Å². The summed E-state index contributed by atoms with van der Waals surface area (Å²) in [5, 5.41) is 19.6.